The maximum Gasteiger partial charge on any atom is 0.419 e. The van der Waals surface area contributed by atoms with Crippen LogP contribution in [0, 0.1) is 0 Å². The van der Waals surface area contributed by atoms with E-state index in [1.54, 1.807) is 0 Å². The number of benzene rings is 1. The van der Waals surface area contributed by atoms with Gasteiger partial charge in [-0.2, -0.15) is 13.2 Å². The minimum Gasteiger partial charge on any atom is -0.485 e. The van der Waals surface area contributed by atoms with Crippen LogP contribution in [0.15, 0.2) is 24.3 Å². The van der Waals surface area contributed by atoms with Gasteiger partial charge in [0.2, 0.25) is 0 Å². The molecule has 0 aliphatic rings. The molecule has 0 radical (unpaired) electrons. The molecule has 0 fully saturated rings. The Kier molecular flexibility index (Phi) is 3.34. The van der Waals surface area contributed by atoms with Gasteiger partial charge in [-0.25, -0.2) is 0 Å². The number of hydrogen-bond donors (Lipinski definition) is 0. The molecule has 0 aliphatic carbocycles. The third-order valence-corrected chi connectivity index (χ3v) is 1.62. The highest BCUT2D eigenvalue weighted by atomic mass is 19.4. The summed E-state index contributed by atoms with van der Waals surface area (Å²) in [6.45, 7) is 0.892. The second kappa shape index (κ2) is 4.33. The largest absolute Gasteiger partial charge is 0.485 e. The van der Waals surface area contributed by atoms with Crippen LogP contribution < -0.4 is 4.74 Å². The minimum absolute atomic E-state index is 0.319. The standard InChI is InChI=1S/C10H9F3O2/c1-7(14)6-15-9-5-3-2-4-8(9)10(11,12)13/h2-5H,6H2,1H3. The van der Waals surface area contributed by atoms with Crippen LogP contribution in [-0.2, 0) is 11.0 Å². The van der Waals surface area contributed by atoms with Crippen LogP contribution in [0.1, 0.15) is 12.5 Å². The number of para-hydroxylation sites is 1. The zero-order valence-corrected chi connectivity index (χ0v) is 7.97. The molecule has 0 saturated carbocycles. The molecule has 0 amide bonds. The van der Waals surface area contributed by atoms with E-state index in [0.29, 0.717) is 0 Å². The lowest BCUT2D eigenvalue weighted by molar-refractivity contribution is -0.139. The second-order valence-corrected chi connectivity index (χ2v) is 2.98. The molecule has 2 nitrogen and oxygen atoms in total. The summed E-state index contributed by atoms with van der Waals surface area (Å²) in [7, 11) is 0. The van der Waals surface area contributed by atoms with Crippen molar-refractivity contribution in [3.63, 3.8) is 0 Å². The quantitative estimate of drug-likeness (QED) is 0.779. The Balaban J connectivity index is 2.92. The van der Waals surface area contributed by atoms with Crippen LogP contribution in [0.2, 0.25) is 0 Å². The first-order chi connectivity index (χ1) is 6.91. The molecule has 0 spiro atoms. The average Bonchev–Trinajstić information content (AvgIpc) is 2.13. The summed E-state index contributed by atoms with van der Waals surface area (Å²) in [5.74, 6) is -0.646. The fourth-order valence-corrected chi connectivity index (χ4v) is 1.01. The molecule has 1 aromatic rings. The Labute approximate surface area is 84.7 Å². The van der Waals surface area contributed by atoms with Crippen molar-refractivity contribution in [2.45, 2.75) is 13.1 Å². The zero-order chi connectivity index (χ0) is 11.5. The van der Waals surface area contributed by atoms with Crippen LogP contribution in [0.3, 0.4) is 0 Å². The van der Waals surface area contributed by atoms with Gasteiger partial charge in [0.1, 0.15) is 12.4 Å². The van der Waals surface area contributed by atoms with Crippen molar-refractivity contribution in [3.05, 3.63) is 29.8 Å². The van der Waals surface area contributed by atoms with E-state index in [2.05, 4.69) is 0 Å². The first kappa shape index (κ1) is 11.6. The SMILES string of the molecule is CC(=O)COc1ccccc1C(F)(F)F. The van der Waals surface area contributed by atoms with E-state index < -0.39 is 11.7 Å². The van der Waals surface area contributed by atoms with Gasteiger partial charge in [0, 0.05) is 0 Å². The van der Waals surface area contributed by atoms with Crippen molar-refractivity contribution in [3.8, 4) is 5.75 Å². The van der Waals surface area contributed by atoms with Crippen molar-refractivity contribution in [1.82, 2.24) is 0 Å². The van der Waals surface area contributed by atoms with Crippen molar-refractivity contribution < 1.29 is 22.7 Å². The van der Waals surface area contributed by atoms with E-state index in [4.69, 9.17) is 4.74 Å². The lowest BCUT2D eigenvalue weighted by Crippen LogP contribution is -2.12. The normalized spacial score (nSPS) is 11.2. The monoisotopic (exact) mass is 218 g/mol. The number of carbonyl (C=O) groups excluding carboxylic acids is 1. The van der Waals surface area contributed by atoms with Crippen LogP contribution >= 0.6 is 0 Å². The van der Waals surface area contributed by atoms with Gasteiger partial charge in [0.05, 0.1) is 5.56 Å². The molecular formula is C10H9F3O2. The molecule has 5 heteroatoms. The molecule has 0 unspecified atom stereocenters. The van der Waals surface area contributed by atoms with Crippen molar-refractivity contribution >= 4 is 5.78 Å². The van der Waals surface area contributed by atoms with Crippen molar-refractivity contribution in [1.29, 1.82) is 0 Å². The molecule has 15 heavy (non-hydrogen) atoms. The summed E-state index contributed by atoms with van der Waals surface area (Å²) in [5, 5.41) is 0. The maximum absolute atomic E-state index is 12.4. The Morgan fingerprint density at radius 1 is 1.33 bits per heavy atom. The average molecular weight is 218 g/mol. The van der Waals surface area contributed by atoms with Gasteiger partial charge in [0.25, 0.3) is 0 Å². The summed E-state index contributed by atoms with van der Waals surface area (Å²) in [4.78, 5) is 10.6. The number of halogens is 3. The van der Waals surface area contributed by atoms with Gasteiger partial charge in [-0.1, -0.05) is 12.1 Å². The lowest BCUT2D eigenvalue weighted by Gasteiger charge is -2.12. The zero-order valence-electron chi connectivity index (χ0n) is 7.97. The first-order valence-corrected chi connectivity index (χ1v) is 4.19. The molecule has 0 aromatic heterocycles. The number of Topliss-reactive ketones (excluding diaryl/α,β-unsaturated/α-hetero) is 1. The predicted molar refractivity (Wildman–Crippen MR) is 47.6 cm³/mol. The highest BCUT2D eigenvalue weighted by molar-refractivity contribution is 5.77. The second-order valence-electron chi connectivity index (χ2n) is 2.98. The number of hydrogen-bond acceptors (Lipinski definition) is 2. The Hall–Kier alpha value is -1.52. The third kappa shape index (κ3) is 3.27. The minimum atomic E-state index is -4.46. The first-order valence-electron chi connectivity index (χ1n) is 4.19. The van der Waals surface area contributed by atoms with Crippen molar-refractivity contribution in [2.24, 2.45) is 0 Å². The predicted octanol–water partition coefficient (Wildman–Crippen LogP) is 2.67. The van der Waals surface area contributed by atoms with Gasteiger partial charge in [-0.3, -0.25) is 4.79 Å². The van der Waals surface area contributed by atoms with Gasteiger partial charge >= 0.3 is 6.18 Å². The highest BCUT2D eigenvalue weighted by Gasteiger charge is 2.33. The molecular weight excluding hydrogens is 209 g/mol. The number of rotatable bonds is 3. The number of ether oxygens (including phenoxy) is 1. The van der Waals surface area contributed by atoms with Crippen LogP contribution in [0.5, 0.6) is 5.75 Å². The van der Waals surface area contributed by atoms with Crippen molar-refractivity contribution in [2.75, 3.05) is 6.61 Å². The molecule has 0 atom stereocenters. The Morgan fingerprint density at radius 2 is 1.93 bits per heavy atom. The summed E-state index contributed by atoms with van der Waals surface area (Å²) in [5.41, 5.74) is -0.869. The van der Waals surface area contributed by atoms with Gasteiger partial charge in [0.15, 0.2) is 5.78 Å². The molecule has 0 N–H and O–H groups in total. The fourth-order valence-electron chi connectivity index (χ4n) is 1.01. The van der Waals surface area contributed by atoms with E-state index in [1.165, 1.54) is 25.1 Å². The Morgan fingerprint density at radius 3 is 2.47 bits per heavy atom. The van der Waals surface area contributed by atoms with Crippen LogP contribution in [0.25, 0.3) is 0 Å². The molecule has 0 bridgehead atoms. The molecule has 0 aliphatic heterocycles. The van der Waals surface area contributed by atoms with E-state index in [9.17, 15) is 18.0 Å². The maximum atomic E-state index is 12.4. The van der Waals surface area contributed by atoms with E-state index in [0.717, 1.165) is 6.07 Å². The van der Waals surface area contributed by atoms with E-state index >= 15 is 0 Å². The third-order valence-electron chi connectivity index (χ3n) is 1.62. The summed E-state index contributed by atoms with van der Waals surface area (Å²) < 4.78 is 42.0. The summed E-state index contributed by atoms with van der Waals surface area (Å²) in [6, 6.07) is 4.79. The molecule has 0 heterocycles. The van der Waals surface area contributed by atoms with E-state index in [1.807, 2.05) is 0 Å². The topological polar surface area (TPSA) is 26.3 Å². The Bertz CT molecular complexity index is 358. The molecule has 0 saturated heterocycles. The van der Waals surface area contributed by atoms with E-state index in [-0.39, 0.29) is 18.1 Å². The summed E-state index contributed by atoms with van der Waals surface area (Å²) in [6.07, 6.45) is -4.46. The molecule has 1 rings (SSSR count). The van der Waals surface area contributed by atoms with Crippen LogP contribution in [-0.4, -0.2) is 12.4 Å². The molecule has 82 valence electrons. The lowest BCUT2D eigenvalue weighted by atomic mass is 10.2. The highest BCUT2D eigenvalue weighted by Crippen LogP contribution is 2.35. The van der Waals surface area contributed by atoms with Crippen LogP contribution in [0.4, 0.5) is 13.2 Å². The number of alkyl halides is 3. The number of ketones is 1. The summed E-state index contributed by atoms with van der Waals surface area (Å²) >= 11 is 0. The smallest absolute Gasteiger partial charge is 0.419 e. The molecule has 1 aromatic carbocycles. The fraction of sp³-hybridized carbons (Fsp3) is 0.300. The van der Waals surface area contributed by atoms with Gasteiger partial charge in [-0.15, -0.1) is 0 Å². The number of carbonyl (C=O) groups is 1. The van der Waals surface area contributed by atoms with Gasteiger partial charge in [-0.05, 0) is 19.1 Å². The van der Waals surface area contributed by atoms with Gasteiger partial charge < -0.3 is 4.74 Å².